The summed E-state index contributed by atoms with van der Waals surface area (Å²) >= 11 is 2.12. The van der Waals surface area contributed by atoms with E-state index in [4.69, 9.17) is 4.74 Å². The van der Waals surface area contributed by atoms with Gasteiger partial charge in [0.15, 0.2) is 6.61 Å². The van der Waals surface area contributed by atoms with Crippen molar-refractivity contribution in [2.45, 2.75) is 0 Å². The fourth-order valence-corrected chi connectivity index (χ4v) is 2.14. The Hall–Kier alpha value is -1.96. The zero-order chi connectivity index (χ0) is 15.2. The molecule has 0 bridgehead atoms. The average molecular weight is 399 g/mol. The molecule has 0 aliphatic heterocycles. The molecule has 0 aliphatic rings. The van der Waals surface area contributed by atoms with Crippen LogP contribution >= 0.6 is 22.6 Å². The van der Waals surface area contributed by atoms with Crippen molar-refractivity contribution in [2.24, 2.45) is 0 Å². The minimum atomic E-state index is -0.870. The second kappa shape index (κ2) is 7.16. The van der Waals surface area contributed by atoms with Crippen molar-refractivity contribution >= 4 is 40.2 Å². The number of ether oxygens (including phenoxy) is 1. The molecular formula is C15H11FINO3. The molecule has 0 aliphatic carbocycles. The number of carbonyl (C=O) groups is 2. The maximum atomic E-state index is 13.4. The summed E-state index contributed by atoms with van der Waals surface area (Å²) in [6, 6.07) is 12.6. The quantitative estimate of drug-likeness (QED) is 0.635. The largest absolute Gasteiger partial charge is 0.452 e. The highest BCUT2D eigenvalue weighted by molar-refractivity contribution is 14.1. The first kappa shape index (κ1) is 15.4. The average Bonchev–Trinajstić information content (AvgIpc) is 2.45. The third-order valence-corrected chi connectivity index (χ3v) is 3.21. The van der Waals surface area contributed by atoms with Gasteiger partial charge in [0.05, 0.1) is 5.56 Å². The van der Waals surface area contributed by atoms with Gasteiger partial charge in [-0.1, -0.05) is 18.2 Å². The Morgan fingerprint density at radius 3 is 2.62 bits per heavy atom. The van der Waals surface area contributed by atoms with E-state index < -0.39 is 24.3 Å². The van der Waals surface area contributed by atoms with Gasteiger partial charge in [-0.3, -0.25) is 4.79 Å². The van der Waals surface area contributed by atoms with E-state index in [0.29, 0.717) is 5.69 Å². The van der Waals surface area contributed by atoms with Gasteiger partial charge in [0.25, 0.3) is 5.91 Å². The van der Waals surface area contributed by atoms with Crippen molar-refractivity contribution in [1.29, 1.82) is 0 Å². The molecule has 2 rings (SSSR count). The minimum absolute atomic E-state index is 0.195. The highest BCUT2D eigenvalue weighted by Gasteiger charge is 2.14. The van der Waals surface area contributed by atoms with E-state index in [-0.39, 0.29) is 5.56 Å². The van der Waals surface area contributed by atoms with Crippen LogP contribution in [0.15, 0.2) is 48.5 Å². The van der Waals surface area contributed by atoms with Crippen molar-refractivity contribution in [3.05, 3.63) is 63.5 Å². The van der Waals surface area contributed by atoms with E-state index in [1.807, 2.05) is 6.07 Å². The van der Waals surface area contributed by atoms with Crippen LogP contribution < -0.4 is 5.32 Å². The molecule has 2 aromatic carbocycles. The fourth-order valence-electron chi connectivity index (χ4n) is 1.60. The lowest BCUT2D eigenvalue weighted by atomic mass is 10.2. The summed E-state index contributed by atoms with van der Waals surface area (Å²) in [5.74, 6) is -2.03. The lowest BCUT2D eigenvalue weighted by molar-refractivity contribution is -0.119. The van der Waals surface area contributed by atoms with Crippen LogP contribution in [0.2, 0.25) is 0 Å². The lowest BCUT2D eigenvalue weighted by Gasteiger charge is -2.07. The Balaban J connectivity index is 1.90. The highest BCUT2D eigenvalue weighted by atomic mass is 127. The van der Waals surface area contributed by atoms with Gasteiger partial charge in [0.2, 0.25) is 0 Å². The Bertz CT molecular complexity index is 675. The summed E-state index contributed by atoms with van der Waals surface area (Å²) in [7, 11) is 0. The summed E-state index contributed by atoms with van der Waals surface area (Å²) in [4.78, 5) is 23.3. The van der Waals surface area contributed by atoms with Gasteiger partial charge in [-0.15, -0.1) is 0 Å². The minimum Gasteiger partial charge on any atom is -0.452 e. The molecule has 4 nitrogen and oxygen atoms in total. The van der Waals surface area contributed by atoms with Crippen LogP contribution in [0.3, 0.4) is 0 Å². The molecule has 0 spiro atoms. The van der Waals surface area contributed by atoms with Crippen LogP contribution in [0.4, 0.5) is 10.1 Å². The number of amides is 1. The van der Waals surface area contributed by atoms with E-state index >= 15 is 0 Å². The van der Waals surface area contributed by atoms with Gasteiger partial charge in [-0.2, -0.15) is 0 Å². The molecule has 0 atom stereocenters. The number of carbonyl (C=O) groups excluding carboxylic acids is 2. The Kier molecular flexibility index (Phi) is 5.26. The van der Waals surface area contributed by atoms with Crippen molar-refractivity contribution in [3.63, 3.8) is 0 Å². The van der Waals surface area contributed by atoms with Crippen molar-refractivity contribution in [3.8, 4) is 0 Å². The monoisotopic (exact) mass is 399 g/mol. The van der Waals surface area contributed by atoms with Crippen molar-refractivity contribution in [1.82, 2.24) is 0 Å². The molecule has 0 saturated heterocycles. The summed E-state index contributed by atoms with van der Waals surface area (Å²) in [5.41, 5.74) is 0.411. The summed E-state index contributed by atoms with van der Waals surface area (Å²) in [5, 5.41) is 2.59. The van der Waals surface area contributed by atoms with Crippen LogP contribution in [0.5, 0.6) is 0 Å². The number of hydrogen-bond acceptors (Lipinski definition) is 3. The van der Waals surface area contributed by atoms with Crippen LogP contribution in [-0.2, 0) is 9.53 Å². The molecule has 6 heteroatoms. The molecule has 0 fully saturated rings. The first-order valence-corrected chi connectivity index (χ1v) is 7.11. The van der Waals surface area contributed by atoms with E-state index in [1.54, 1.807) is 18.2 Å². The molecule has 1 amide bonds. The zero-order valence-corrected chi connectivity index (χ0v) is 13.0. The molecule has 2 aromatic rings. The van der Waals surface area contributed by atoms with Crippen LogP contribution in [0.25, 0.3) is 0 Å². The third kappa shape index (κ3) is 4.52. The van der Waals surface area contributed by atoms with Crippen molar-refractivity contribution in [2.75, 3.05) is 11.9 Å². The summed E-state index contributed by atoms with van der Waals surface area (Å²) in [6.07, 6.45) is 0. The smallest absolute Gasteiger partial charge is 0.341 e. The number of esters is 1. The molecule has 0 saturated carbocycles. The Morgan fingerprint density at radius 2 is 1.90 bits per heavy atom. The van der Waals surface area contributed by atoms with Crippen molar-refractivity contribution < 1.29 is 18.7 Å². The summed E-state index contributed by atoms with van der Waals surface area (Å²) in [6.45, 7) is -0.474. The number of benzene rings is 2. The predicted molar refractivity (Wildman–Crippen MR) is 84.5 cm³/mol. The molecule has 0 radical (unpaired) electrons. The van der Waals surface area contributed by atoms with Crippen LogP contribution in [-0.4, -0.2) is 18.5 Å². The number of halogens is 2. The molecular weight excluding hydrogens is 388 g/mol. The molecule has 108 valence electrons. The zero-order valence-electron chi connectivity index (χ0n) is 10.8. The number of rotatable bonds is 4. The van der Waals surface area contributed by atoms with Crippen LogP contribution in [0, 0.1) is 9.39 Å². The first-order chi connectivity index (χ1) is 10.1. The lowest BCUT2D eigenvalue weighted by Crippen LogP contribution is -2.21. The highest BCUT2D eigenvalue weighted by Crippen LogP contribution is 2.12. The van der Waals surface area contributed by atoms with Gasteiger partial charge in [0, 0.05) is 9.26 Å². The summed E-state index contributed by atoms with van der Waals surface area (Å²) < 4.78 is 19.1. The number of anilines is 1. The normalized spacial score (nSPS) is 10.0. The predicted octanol–water partition coefficient (Wildman–Crippen LogP) is 3.23. The van der Waals surface area contributed by atoms with Gasteiger partial charge < -0.3 is 10.1 Å². The fraction of sp³-hybridized carbons (Fsp3) is 0.0667. The SMILES string of the molecule is O=C(COC(=O)c1ccccc1F)Nc1cccc(I)c1. The maximum absolute atomic E-state index is 13.4. The van der Waals surface area contributed by atoms with Gasteiger partial charge in [-0.05, 0) is 52.9 Å². The van der Waals surface area contributed by atoms with Crippen LogP contribution in [0.1, 0.15) is 10.4 Å². The molecule has 0 aromatic heterocycles. The first-order valence-electron chi connectivity index (χ1n) is 6.03. The molecule has 21 heavy (non-hydrogen) atoms. The molecule has 0 heterocycles. The van der Waals surface area contributed by atoms with E-state index in [0.717, 1.165) is 9.64 Å². The number of nitrogens with one attached hydrogen (secondary N) is 1. The Morgan fingerprint density at radius 1 is 1.14 bits per heavy atom. The topological polar surface area (TPSA) is 55.4 Å². The van der Waals surface area contributed by atoms with Gasteiger partial charge >= 0.3 is 5.97 Å². The standard InChI is InChI=1S/C15H11FINO3/c16-13-7-2-1-6-12(13)15(20)21-9-14(19)18-11-5-3-4-10(17)8-11/h1-8H,9H2,(H,18,19). The van der Waals surface area contributed by atoms with E-state index in [2.05, 4.69) is 27.9 Å². The molecule has 0 unspecified atom stereocenters. The second-order valence-corrected chi connectivity index (χ2v) is 5.36. The maximum Gasteiger partial charge on any atom is 0.341 e. The van der Waals surface area contributed by atoms with E-state index in [1.165, 1.54) is 18.2 Å². The van der Waals surface area contributed by atoms with E-state index in [9.17, 15) is 14.0 Å². The Labute approximate surface area is 134 Å². The number of hydrogen-bond donors (Lipinski definition) is 1. The molecule has 1 N–H and O–H groups in total. The van der Waals surface area contributed by atoms with Gasteiger partial charge in [-0.25, -0.2) is 9.18 Å². The second-order valence-electron chi connectivity index (χ2n) is 4.11. The van der Waals surface area contributed by atoms with Gasteiger partial charge in [0.1, 0.15) is 5.82 Å². The third-order valence-electron chi connectivity index (χ3n) is 2.54.